The molecule has 0 saturated heterocycles. The summed E-state index contributed by atoms with van der Waals surface area (Å²) in [5.74, 6) is -0.00486. The smallest absolute Gasteiger partial charge is 0.417 e. The third-order valence-electron chi connectivity index (χ3n) is 3.93. The Labute approximate surface area is 175 Å². The normalized spacial score (nSPS) is 11.5. The summed E-state index contributed by atoms with van der Waals surface area (Å²) >= 11 is 5.59. The molecule has 0 atom stereocenters. The SMILES string of the molecule is Cc1cc(Oc2ncccn2)ccc1NC(=O)C=Cc1ccc(Cl)c(C(F)(F)F)c1. The Morgan fingerprint density at radius 2 is 1.87 bits per heavy atom. The molecule has 0 unspecified atom stereocenters. The van der Waals surface area contributed by atoms with Crippen molar-refractivity contribution in [2.75, 3.05) is 5.32 Å². The van der Waals surface area contributed by atoms with E-state index in [1.54, 1.807) is 43.6 Å². The molecule has 154 valence electrons. The maximum Gasteiger partial charge on any atom is 0.417 e. The monoisotopic (exact) mass is 433 g/mol. The van der Waals surface area contributed by atoms with Gasteiger partial charge in [0, 0.05) is 24.2 Å². The standard InChI is InChI=1S/C21H15ClF3N3O2/c1-13-11-15(30-20-26-9-2-10-27-20)5-7-18(13)28-19(29)8-4-14-3-6-17(22)16(12-14)21(23,24)25/h2-12H,1H3,(H,28,29). The van der Waals surface area contributed by atoms with Gasteiger partial charge in [-0.15, -0.1) is 0 Å². The van der Waals surface area contributed by atoms with Gasteiger partial charge in [-0.05, 0) is 60.5 Å². The number of aryl methyl sites for hydroxylation is 1. The predicted octanol–water partition coefficient (Wildman–Crippen LogP) is 5.90. The Bertz CT molecular complexity index is 1090. The number of amides is 1. The summed E-state index contributed by atoms with van der Waals surface area (Å²) in [6, 6.07) is 10.3. The van der Waals surface area contributed by atoms with Crippen molar-refractivity contribution in [2.45, 2.75) is 13.1 Å². The van der Waals surface area contributed by atoms with Crippen molar-refractivity contribution >= 4 is 29.3 Å². The second-order valence-electron chi connectivity index (χ2n) is 6.17. The summed E-state index contributed by atoms with van der Waals surface area (Å²) in [5.41, 5.74) is 0.486. The summed E-state index contributed by atoms with van der Waals surface area (Å²) in [6.45, 7) is 1.77. The second kappa shape index (κ2) is 8.96. The summed E-state index contributed by atoms with van der Waals surface area (Å²) in [6.07, 6.45) is 0.948. The first-order valence-electron chi connectivity index (χ1n) is 8.64. The molecule has 0 fully saturated rings. The molecule has 0 radical (unpaired) electrons. The molecule has 1 N–H and O–H groups in total. The molecular formula is C21H15ClF3N3O2. The molecular weight excluding hydrogens is 419 g/mol. The van der Waals surface area contributed by atoms with Crippen molar-refractivity contribution < 1.29 is 22.7 Å². The van der Waals surface area contributed by atoms with E-state index in [4.69, 9.17) is 16.3 Å². The third-order valence-corrected chi connectivity index (χ3v) is 4.26. The van der Waals surface area contributed by atoms with Crippen molar-refractivity contribution in [3.63, 3.8) is 0 Å². The molecule has 0 aliphatic heterocycles. The van der Waals surface area contributed by atoms with Gasteiger partial charge >= 0.3 is 12.2 Å². The minimum atomic E-state index is -4.57. The highest BCUT2D eigenvalue weighted by molar-refractivity contribution is 6.31. The lowest BCUT2D eigenvalue weighted by Crippen LogP contribution is -2.09. The molecule has 9 heteroatoms. The van der Waals surface area contributed by atoms with Gasteiger partial charge in [0.25, 0.3) is 0 Å². The molecule has 0 aliphatic rings. The van der Waals surface area contributed by atoms with Gasteiger partial charge in [0.15, 0.2) is 0 Å². The Morgan fingerprint density at radius 1 is 1.13 bits per heavy atom. The number of hydrogen-bond donors (Lipinski definition) is 1. The first-order chi connectivity index (χ1) is 14.2. The van der Waals surface area contributed by atoms with Crippen LogP contribution in [0.4, 0.5) is 18.9 Å². The van der Waals surface area contributed by atoms with Gasteiger partial charge in [-0.3, -0.25) is 4.79 Å². The van der Waals surface area contributed by atoms with Gasteiger partial charge < -0.3 is 10.1 Å². The number of nitrogens with one attached hydrogen (secondary N) is 1. The summed E-state index contributed by atoms with van der Waals surface area (Å²) in [5, 5.41) is 2.27. The van der Waals surface area contributed by atoms with Crippen LogP contribution in [0.3, 0.4) is 0 Å². The second-order valence-corrected chi connectivity index (χ2v) is 6.58. The first-order valence-corrected chi connectivity index (χ1v) is 9.01. The number of benzene rings is 2. The van der Waals surface area contributed by atoms with E-state index < -0.39 is 22.7 Å². The Hall–Kier alpha value is -3.39. The highest BCUT2D eigenvalue weighted by atomic mass is 35.5. The predicted molar refractivity (Wildman–Crippen MR) is 107 cm³/mol. The fraction of sp³-hybridized carbons (Fsp3) is 0.0952. The summed E-state index contributed by atoms with van der Waals surface area (Å²) in [4.78, 5) is 20.1. The zero-order valence-corrected chi connectivity index (χ0v) is 16.3. The van der Waals surface area contributed by atoms with E-state index in [1.807, 2.05) is 0 Å². The van der Waals surface area contributed by atoms with Crippen LogP contribution >= 0.6 is 11.6 Å². The number of rotatable bonds is 5. The van der Waals surface area contributed by atoms with Crippen molar-refractivity contribution in [3.8, 4) is 11.8 Å². The van der Waals surface area contributed by atoms with Crippen LogP contribution in [-0.4, -0.2) is 15.9 Å². The lowest BCUT2D eigenvalue weighted by atomic mass is 10.1. The number of carbonyl (C=O) groups excluding carboxylic acids is 1. The molecule has 0 bridgehead atoms. The minimum absolute atomic E-state index is 0.192. The fourth-order valence-corrected chi connectivity index (χ4v) is 2.72. The van der Waals surface area contributed by atoms with Crippen molar-refractivity contribution in [2.24, 2.45) is 0 Å². The van der Waals surface area contributed by atoms with Crippen LogP contribution in [-0.2, 0) is 11.0 Å². The molecule has 1 amide bonds. The summed E-state index contributed by atoms with van der Waals surface area (Å²) < 4.78 is 44.3. The van der Waals surface area contributed by atoms with Crippen LogP contribution in [0.15, 0.2) is 60.9 Å². The van der Waals surface area contributed by atoms with Gasteiger partial charge in [0.1, 0.15) is 5.75 Å². The van der Waals surface area contributed by atoms with E-state index in [2.05, 4.69) is 15.3 Å². The average Bonchev–Trinajstić information content (AvgIpc) is 2.69. The highest BCUT2D eigenvalue weighted by Gasteiger charge is 2.33. The van der Waals surface area contributed by atoms with E-state index >= 15 is 0 Å². The lowest BCUT2D eigenvalue weighted by molar-refractivity contribution is -0.137. The van der Waals surface area contributed by atoms with Crippen LogP contribution < -0.4 is 10.1 Å². The molecule has 3 aromatic rings. The third kappa shape index (κ3) is 5.57. The molecule has 2 aromatic carbocycles. The van der Waals surface area contributed by atoms with Crippen LogP contribution in [0.25, 0.3) is 6.08 Å². The number of hydrogen-bond acceptors (Lipinski definition) is 4. The zero-order chi connectivity index (χ0) is 21.7. The van der Waals surface area contributed by atoms with Gasteiger partial charge in [-0.25, -0.2) is 9.97 Å². The average molecular weight is 434 g/mol. The largest absolute Gasteiger partial charge is 0.424 e. The minimum Gasteiger partial charge on any atom is -0.424 e. The molecule has 0 saturated carbocycles. The van der Waals surface area contributed by atoms with Crippen LogP contribution in [0, 0.1) is 6.92 Å². The lowest BCUT2D eigenvalue weighted by Gasteiger charge is -2.10. The number of carbonyl (C=O) groups is 1. The van der Waals surface area contributed by atoms with Crippen LogP contribution in [0.2, 0.25) is 5.02 Å². The maximum atomic E-state index is 12.9. The number of alkyl halides is 3. The quantitative estimate of drug-likeness (QED) is 0.509. The van der Waals surface area contributed by atoms with Crippen molar-refractivity contribution in [1.29, 1.82) is 0 Å². The molecule has 30 heavy (non-hydrogen) atoms. The molecule has 1 heterocycles. The maximum absolute atomic E-state index is 12.9. The Kier molecular flexibility index (Phi) is 6.37. The zero-order valence-electron chi connectivity index (χ0n) is 15.6. The molecule has 0 aliphatic carbocycles. The van der Waals surface area contributed by atoms with E-state index in [9.17, 15) is 18.0 Å². The molecule has 3 rings (SSSR count). The topological polar surface area (TPSA) is 64.1 Å². The number of ether oxygens (including phenoxy) is 1. The number of nitrogens with zero attached hydrogens (tertiary/aromatic N) is 2. The highest BCUT2D eigenvalue weighted by Crippen LogP contribution is 2.35. The molecule has 0 spiro atoms. The van der Waals surface area contributed by atoms with Gasteiger partial charge in [-0.2, -0.15) is 13.2 Å². The Morgan fingerprint density at radius 3 is 2.53 bits per heavy atom. The van der Waals surface area contributed by atoms with Gasteiger partial charge in [0.05, 0.1) is 10.6 Å². The molecule has 5 nitrogen and oxygen atoms in total. The first kappa shape index (κ1) is 21.3. The van der Waals surface area contributed by atoms with Gasteiger partial charge in [0.2, 0.25) is 5.91 Å². The molecule has 1 aromatic heterocycles. The number of aromatic nitrogens is 2. The van der Waals surface area contributed by atoms with Gasteiger partial charge in [-0.1, -0.05) is 17.7 Å². The van der Waals surface area contributed by atoms with Crippen molar-refractivity contribution in [1.82, 2.24) is 9.97 Å². The van der Waals surface area contributed by atoms with Crippen LogP contribution in [0.1, 0.15) is 16.7 Å². The van der Waals surface area contributed by atoms with E-state index in [1.165, 1.54) is 12.1 Å². The van der Waals surface area contributed by atoms with E-state index in [0.717, 1.165) is 23.8 Å². The number of anilines is 1. The van der Waals surface area contributed by atoms with E-state index in [-0.39, 0.29) is 11.6 Å². The fourth-order valence-electron chi connectivity index (χ4n) is 2.49. The number of halogens is 4. The van der Waals surface area contributed by atoms with Crippen LogP contribution in [0.5, 0.6) is 11.8 Å². The van der Waals surface area contributed by atoms with Crippen molar-refractivity contribution in [3.05, 3.63) is 82.6 Å². The Balaban J connectivity index is 1.67. The summed E-state index contributed by atoms with van der Waals surface area (Å²) in [7, 11) is 0. The van der Waals surface area contributed by atoms with E-state index in [0.29, 0.717) is 11.4 Å².